The summed E-state index contributed by atoms with van der Waals surface area (Å²) in [4.78, 5) is 11.2. The molecule has 0 aromatic heterocycles. The Morgan fingerprint density at radius 1 is 1.08 bits per heavy atom. The van der Waals surface area contributed by atoms with Crippen molar-refractivity contribution in [3.05, 3.63) is 47.5 Å². The molecule has 0 N–H and O–H groups in total. The normalized spacial score (nSPS) is 10.8. The maximum atomic E-state index is 11.2. The lowest BCUT2D eigenvalue weighted by molar-refractivity contribution is 0.0485. The zero-order valence-electron chi connectivity index (χ0n) is 14.0. The summed E-state index contributed by atoms with van der Waals surface area (Å²) in [5.41, 5.74) is 1.66. The maximum absolute atomic E-state index is 11.2. The van der Waals surface area contributed by atoms with Crippen molar-refractivity contribution in [1.29, 1.82) is 0 Å². The molecule has 0 aliphatic rings. The highest BCUT2D eigenvalue weighted by Gasteiger charge is 2.14. The third kappa shape index (κ3) is 4.47. The summed E-state index contributed by atoms with van der Waals surface area (Å²) >= 11 is 0. The van der Waals surface area contributed by atoms with Crippen LogP contribution in [-0.4, -0.2) is 34.4 Å². The summed E-state index contributed by atoms with van der Waals surface area (Å²) in [6, 6.07) is 11.3. The van der Waals surface area contributed by atoms with Crippen LogP contribution in [0.1, 0.15) is 15.9 Å². The predicted octanol–water partition coefficient (Wildman–Crippen LogP) is 3.00. The highest BCUT2D eigenvalue weighted by molar-refractivity contribution is 7.46. The van der Waals surface area contributed by atoms with Crippen LogP contribution in [0.15, 0.2) is 36.4 Å². The van der Waals surface area contributed by atoms with E-state index in [9.17, 15) is 4.79 Å². The predicted molar refractivity (Wildman–Crippen MR) is 95.5 cm³/mol. The number of benzene rings is 2. The molecule has 0 fully saturated rings. The van der Waals surface area contributed by atoms with E-state index in [0.29, 0.717) is 37.6 Å². The van der Waals surface area contributed by atoms with Gasteiger partial charge in [-0.25, -0.2) is 0 Å². The highest BCUT2D eigenvalue weighted by Crippen LogP contribution is 2.38. The molecule has 24 heavy (non-hydrogen) atoms. The monoisotopic (exact) mass is 348 g/mol. The van der Waals surface area contributed by atoms with Gasteiger partial charge in [0.1, 0.15) is 5.75 Å². The Kier molecular flexibility index (Phi) is 7.04. The lowest BCUT2D eigenvalue weighted by atomic mass is 10.2. The summed E-state index contributed by atoms with van der Waals surface area (Å²) in [6.45, 7) is 0.129. The Labute approximate surface area is 143 Å². The van der Waals surface area contributed by atoms with Gasteiger partial charge < -0.3 is 18.9 Å². The minimum atomic E-state index is 0.129. The van der Waals surface area contributed by atoms with Gasteiger partial charge in [-0.15, -0.1) is 0 Å². The molecule has 0 saturated carbocycles. The molecule has 5 nitrogen and oxygen atoms in total. The molecule has 0 saturated heterocycles. The van der Waals surface area contributed by atoms with Gasteiger partial charge in [-0.05, 0) is 17.5 Å². The van der Waals surface area contributed by atoms with Gasteiger partial charge in [-0.2, -0.15) is 0 Å². The van der Waals surface area contributed by atoms with Gasteiger partial charge in [-0.1, -0.05) is 32.8 Å². The minimum absolute atomic E-state index is 0.129. The SMILES string of the molecule is COCOc1c(CPc2ccccc2C=O)cc(OC)cc1OC. The molecule has 0 aliphatic carbocycles. The van der Waals surface area contributed by atoms with Crippen molar-refractivity contribution in [2.75, 3.05) is 28.1 Å². The van der Waals surface area contributed by atoms with E-state index in [2.05, 4.69) is 0 Å². The lowest BCUT2D eigenvalue weighted by Gasteiger charge is -2.16. The van der Waals surface area contributed by atoms with Crippen LogP contribution in [0.2, 0.25) is 0 Å². The second kappa shape index (κ2) is 9.26. The van der Waals surface area contributed by atoms with Gasteiger partial charge in [0.15, 0.2) is 24.6 Å². The number of carbonyl (C=O) groups is 1. The first-order valence-corrected chi connectivity index (χ1v) is 8.59. The Balaban J connectivity index is 2.31. The van der Waals surface area contributed by atoms with E-state index in [0.717, 1.165) is 17.2 Å². The second-order valence-corrected chi connectivity index (χ2v) is 6.17. The van der Waals surface area contributed by atoms with Gasteiger partial charge in [0.05, 0.1) is 14.2 Å². The van der Waals surface area contributed by atoms with E-state index in [1.807, 2.05) is 30.3 Å². The average molecular weight is 348 g/mol. The average Bonchev–Trinajstić information content (AvgIpc) is 2.64. The van der Waals surface area contributed by atoms with Gasteiger partial charge in [0.2, 0.25) is 0 Å². The molecule has 2 aromatic carbocycles. The number of ether oxygens (including phenoxy) is 4. The molecule has 6 heteroatoms. The summed E-state index contributed by atoms with van der Waals surface area (Å²) < 4.78 is 21.4. The standard InChI is InChI=1S/C18H21O5P/c1-20-12-23-18-14(8-15(21-2)9-16(18)22-3)11-24-17-7-5-4-6-13(17)10-19/h4-10,24H,11-12H2,1-3H3. The first-order chi connectivity index (χ1) is 11.7. The third-order valence-corrected chi connectivity index (χ3v) is 4.83. The molecule has 0 bridgehead atoms. The van der Waals surface area contributed by atoms with Gasteiger partial charge >= 0.3 is 0 Å². The quantitative estimate of drug-likeness (QED) is 0.396. The summed E-state index contributed by atoms with van der Waals surface area (Å²) in [5, 5.41) is 1.02. The molecule has 128 valence electrons. The fourth-order valence-corrected chi connectivity index (χ4v) is 3.47. The number of hydrogen-bond acceptors (Lipinski definition) is 5. The Hall–Kier alpha value is -2.10. The number of aldehydes is 1. The van der Waals surface area contributed by atoms with E-state index < -0.39 is 0 Å². The van der Waals surface area contributed by atoms with Crippen LogP contribution in [-0.2, 0) is 10.9 Å². The zero-order valence-corrected chi connectivity index (χ0v) is 15.0. The molecule has 0 amide bonds. The van der Waals surface area contributed by atoms with Crippen molar-refractivity contribution in [3.63, 3.8) is 0 Å². The Morgan fingerprint density at radius 3 is 2.54 bits per heavy atom. The van der Waals surface area contributed by atoms with Gasteiger partial charge in [-0.3, -0.25) is 4.79 Å². The number of carbonyl (C=O) groups excluding carboxylic acids is 1. The summed E-state index contributed by atoms with van der Waals surface area (Å²) in [6.07, 6.45) is 1.59. The molecule has 1 unspecified atom stereocenters. The Morgan fingerprint density at radius 2 is 1.88 bits per heavy atom. The third-order valence-electron chi connectivity index (χ3n) is 3.44. The van der Waals surface area contributed by atoms with Crippen molar-refractivity contribution in [3.8, 4) is 17.2 Å². The zero-order chi connectivity index (χ0) is 17.4. The van der Waals surface area contributed by atoms with Crippen molar-refractivity contribution >= 4 is 20.2 Å². The van der Waals surface area contributed by atoms with Crippen LogP contribution in [0.3, 0.4) is 0 Å². The molecule has 0 spiro atoms. The van der Waals surface area contributed by atoms with E-state index in [1.54, 1.807) is 27.4 Å². The summed E-state index contributed by atoms with van der Waals surface area (Å²) in [7, 11) is 5.18. The Bertz CT molecular complexity index is 687. The molecule has 2 rings (SSSR count). The fourth-order valence-electron chi connectivity index (χ4n) is 2.27. The van der Waals surface area contributed by atoms with Gasteiger partial charge in [0, 0.05) is 24.3 Å². The van der Waals surface area contributed by atoms with E-state index in [4.69, 9.17) is 18.9 Å². The molecular weight excluding hydrogens is 327 g/mol. The van der Waals surface area contributed by atoms with Crippen LogP contribution in [0.4, 0.5) is 0 Å². The second-order valence-electron chi connectivity index (χ2n) is 4.93. The molecule has 2 aromatic rings. The first kappa shape index (κ1) is 18.2. The fraction of sp³-hybridized carbons (Fsp3) is 0.278. The molecular formula is C18H21O5P. The summed E-state index contributed by atoms with van der Waals surface area (Å²) in [5.74, 6) is 1.92. The van der Waals surface area contributed by atoms with E-state index >= 15 is 0 Å². The number of methoxy groups -OCH3 is 3. The van der Waals surface area contributed by atoms with E-state index in [1.165, 1.54) is 0 Å². The van der Waals surface area contributed by atoms with Crippen LogP contribution in [0, 0.1) is 0 Å². The molecule has 0 aliphatic heterocycles. The first-order valence-electron chi connectivity index (χ1n) is 7.38. The van der Waals surface area contributed by atoms with Crippen molar-refractivity contribution < 1.29 is 23.7 Å². The smallest absolute Gasteiger partial charge is 0.188 e. The van der Waals surface area contributed by atoms with Crippen LogP contribution >= 0.6 is 8.58 Å². The lowest BCUT2D eigenvalue weighted by Crippen LogP contribution is -2.06. The highest BCUT2D eigenvalue weighted by atomic mass is 31.1. The molecule has 0 heterocycles. The van der Waals surface area contributed by atoms with E-state index in [-0.39, 0.29) is 6.79 Å². The van der Waals surface area contributed by atoms with Crippen molar-refractivity contribution in [1.82, 2.24) is 0 Å². The van der Waals surface area contributed by atoms with Crippen molar-refractivity contribution in [2.45, 2.75) is 6.16 Å². The topological polar surface area (TPSA) is 54.0 Å². The molecule has 0 radical (unpaired) electrons. The number of hydrogen-bond donors (Lipinski definition) is 0. The largest absolute Gasteiger partial charge is 0.497 e. The molecule has 1 atom stereocenters. The van der Waals surface area contributed by atoms with Gasteiger partial charge in [0.25, 0.3) is 0 Å². The van der Waals surface area contributed by atoms with Crippen LogP contribution < -0.4 is 19.5 Å². The maximum Gasteiger partial charge on any atom is 0.188 e. The van der Waals surface area contributed by atoms with Crippen LogP contribution in [0.25, 0.3) is 0 Å². The van der Waals surface area contributed by atoms with Crippen molar-refractivity contribution in [2.24, 2.45) is 0 Å². The van der Waals surface area contributed by atoms with Crippen LogP contribution in [0.5, 0.6) is 17.2 Å². The number of rotatable bonds is 9. The minimum Gasteiger partial charge on any atom is -0.497 e.